The summed E-state index contributed by atoms with van der Waals surface area (Å²) >= 11 is 0. The van der Waals surface area contributed by atoms with Crippen molar-refractivity contribution < 1.29 is 13.2 Å². The van der Waals surface area contributed by atoms with Gasteiger partial charge in [0.05, 0.1) is 23.7 Å². The Kier molecular flexibility index (Phi) is 7.99. The van der Waals surface area contributed by atoms with Gasteiger partial charge in [0.15, 0.2) is 0 Å². The van der Waals surface area contributed by atoms with Crippen molar-refractivity contribution >= 4 is 15.7 Å². The lowest BCUT2D eigenvalue weighted by atomic mass is 9.82. The second kappa shape index (κ2) is 11.4. The molecule has 0 aliphatic heterocycles. The quantitative estimate of drug-likeness (QED) is 0.319. The molecule has 8 heteroatoms. The van der Waals surface area contributed by atoms with Crippen LogP contribution in [0.2, 0.25) is 0 Å². The van der Waals surface area contributed by atoms with Crippen LogP contribution in [0.3, 0.4) is 0 Å². The molecule has 1 N–H and O–H groups in total. The van der Waals surface area contributed by atoms with Crippen LogP contribution in [0.15, 0.2) is 79.1 Å². The summed E-state index contributed by atoms with van der Waals surface area (Å²) in [6.45, 7) is 6.63. The zero-order valence-electron chi connectivity index (χ0n) is 22.2. The summed E-state index contributed by atoms with van der Waals surface area (Å²) in [4.78, 5) is 8.71. The first-order chi connectivity index (χ1) is 18.5. The molecule has 0 aliphatic carbocycles. The van der Waals surface area contributed by atoms with Crippen LogP contribution < -0.4 is 9.46 Å². The van der Waals surface area contributed by atoms with Crippen LogP contribution in [0, 0.1) is 23.2 Å². The number of sulfonamides is 1. The number of nitrogens with zero attached hydrogens (tertiary/aromatic N) is 3. The minimum absolute atomic E-state index is 0.219. The zero-order chi connectivity index (χ0) is 28.0. The predicted molar refractivity (Wildman–Crippen MR) is 153 cm³/mol. The number of aromatic nitrogens is 2. The lowest BCUT2D eigenvalue weighted by molar-refractivity contribution is 0.295. The van der Waals surface area contributed by atoms with Crippen LogP contribution in [-0.2, 0) is 22.0 Å². The molecule has 0 unspecified atom stereocenters. The molecule has 2 aromatic heterocycles. The van der Waals surface area contributed by atoms with Gasteiger partial charge < -0.3 is 4.74 Å². The number of rotatable bonds is 6. The Morgan fingerprint density at radius 3 is 2.36 bits per heavy atom. The molecule has 196 valence electrons. The first-order valence-corrected chi connectivity index (χ1v) is 14.1. The van der Waals surface area contributed by atoms with E-state index >= 15 is 0 Å². The maximum Gasteiger partial charge on any atom is 0.229 e. The van der Waals surface area contributed by atoms with Gasteiger partial charge in [0.1, 0.15) is 18.4 Å². The van der Waals surface area contributed by atoms with Crippen LogP contribution in [0.25, 0.3) is 11.1 Å². The van der Waals surface area contributed by atoms with Gasteiger partial charge in [-0.25, -0.2) is 18.4 Å². The second-order valence-corrected chi connectivity index (χ2v) is 11.7. The minimum Gasteiger partial charge on any atom is -0.472 e. The molecule has 39 heavy (non-hydrogen) atoms. The third-order valence-electron chi connectivity index (χ3n) is 5.79. The van der Waals surface area contributed by atoms with Gasteiger partial charge in [-0.3, -0.25) is 4.72 Å². The minimum atomic E-state index is -3.41. The molecular weight excluding hydrogens is 508 g/mol. The number of benzene rings is 2. The number of ether oxygens (including phenoxy) is 1. The predicted octanol–water partition coefficient (Wildman–Crippen LogP) is 5.66. The number of hydrogen-bond donors (Lipinski definition) is 1. The highest BCUT2D eigenvalue weighted by Gasteiger charge is 2.21. The highest BCUT2D eigenvalue weighted by atomic mass is 32.2. The Morgan fingerprint density at radius 1 is 0.949 bits per heavy atom. The van der Waals surface area contributed by atoms with Gasteiger partial charge in [0, 0.05) is 22.9 Å². The Balaban J connectivity index is 1.77. The van der Waals surface area contributed by atoms with Crippen LogP contribution >= 0.6 is 0 Å². The van der Waals surface area contributed by atoms with Crippen molar-refractivity contribution in [3.05, 3.63) is 107 Å². The first-order valence-electron chi connectivity index (χ1n) is 12.2. The van der Waals surface area contributed by atoms with Crippen LogP contribution in [0.1, 0.15) is 48.7 Å². The van der Waals surface area contributed by atoms with Crippen LogP contribution in [-0.4, -0.2) is 24.6 Å². The third-order valence-corrected chi connectivity index (χ3v) is 6.39. The Hall–Kier alpha value is -4.66. The van der Waals surface area contributed by atoms with Gasteiger partial charge in [0.2, 0.25) is 15.9 Å². The number of nitrogens with one attached hydrogen (secondary N) is 1. The molecule has 4 rings (SSSR count). The SMILES string of the molecule is CC(C)(C)c1cc(C#Cc2ccc(NS(C)(=O)=O)cn2)c(C#N)c(-c2cccnc2OCc2ccccc2)c1. The number of hydrogen-bond acceptors (Lipinski definition) is 6. The van der Waals surface area contributed by atoms with Crippen molar-refractivity contribution in [3.8, 4) is 34.9 Å². The molecule has 0 saturated carbocycles. The number of nitriles is 1. The largest absolute Gasteiger partial charge is 0.472 e. The zero-order valence-corrected chi connectivity index (χ0v) is 23.0. The average Bonchev–Trinajstić information content (AvgIpc) is 2.90. The van der Waals surface area contributed by atoms with Crippen LogP contribution in [0.4, 0.5) is 5.69 Å². The van der Waals surface area contributed by atoms with E-state index in [9.17, 15) is 13.7 Å². The van der Waals surface area contributed by atoms with E-state index in [2.05, 4.69) is 53.4 Å². The third kappa shape index (κ3) is 7.22. The summed E-state index contributed by atoms with van der Waals surface area (Å²) in [6.07, 6.45) is 4.14. The van der Waals surface area contributed by atoms with Gasteiger partial charge in [0.25, 0.3) is 0 Å². The summed E-state index contributed by atoms with van der Waals surface area (Å²) in [5, 5.41) is 10.2. The van der Waals surface area contributed by atoms with Crippen LogP contribution in [0.5, 0.6) is 5.88 Å². The molecule has 0 bridgehead atoms. The van der Waals surface area contributed by atoms with Gasteiger partial charge in [-0.2, -0.15) is 5.26 Å². The van der Waals surface area contributed by atoms with E-state index in [4.69, 9.17) is 4.74 Å². The molecule has 0 atom stereocenters. The first kappa shape index (κ1) is 27.4. The fourth-order valence-electron chi connectivity index (χ4n) is 3.82. The van der Waals surface area contributed by atoms with Gasteiger partial charge >= 0.3 is 0 Å². The van der Waals surface area contributed by atoms with E-state index in [1.54, 1.807) is 18.3 Å². The molecule has 2 heterocycles. The summed E-state index contributed by atoms with van der Waals surface area (Å²) in [5.74, 6) is 6.55. The molecular formula is C31H28N4O3S. The molecule has 2 aromatic carbocycles. The summed E-state index contributed by atoms with van der Waals surface area (Å²) < 4.78 is 31.4. The maximum absolute atomic E-state index is 11.5. The molecule has 4 aromatic rings. The van der Waals surface area contributed by atoms with E-state index in [0.29, 0.717) is 46.1 Å². The number of pyridine rings is 2. The van der Waals surface area contributed by atoms with Crippen molar-refractivity contribution in [1.29, 1.82) is 5.26 Å². The van der Waals surface area contributed by atoms with E-state index in [1.165, 1.54) is 6.20 Å². The van der Waals surface area contributed by atoms with Crippen molar-refractivity contribution in [2.75, 3.05) is 11.0 Å². The second-order valence-electron chi connectivity index (χ2n) is 9.99. The normalized spacial score (nSPS) is 11.2. The average molecular weight is 537 g/mol. The Bertz CT molecular complexity index is 1690. The monoisotopic (exact) mass is 536 g/mol. The fraction of sp³-hybridized carbons (Fsp3) is 0.194. The maximum atomic E-state index is 11.5. The fourth-order valence-corrected chi connectivity index (χ4v) is 4.37. The summed E-state index contributed by atoms with van der Waals surface area (Å²) in [6, 6.07) is 23.0. The van der Waals surface area contributed by atoms with E-state index in [-0.39, 0.29) is 5.41 Å². The standard InChI is InChI=1S/C31H28N4O3S/c1-31(2,3)24-17-23(12-13-25-14-15-26(20-34-25)35-39(4,36)37)29(19-32)28(18-24)27-11-8-16-33-30(27)38-21-22-9-6-5-7-10-22/h5-11,14-18,20,35H,21H2,1-4H3. The topological polar surface area (TPSA) is 105 Å². The van der Waals surface area contributed by atoms with Gasteiger partial charge in [-0.1, -0.05) is 57.0 Å². The Labute approximate surface area is 229 Å². The molecule has 0 amide bonds. The van der Waals surface area contributed by atoms with E-state index < -0.39 is 10.0 Å². The summed E-state index contributed by atoms with van der Waals surface area (Å²) in [5.41, 5.74) is 4.92. The van der Waals surface area contributed by atoms with E-state index in [0.717, 1.165) is 17.4 Å². The number of anilines is 1. The van der Waals surface area contributed by atoms with Gasteiger partial charge in [-0.15, -0.1) is 0 Å². The molecule has 0 fully saturated rings. The van der Waals surface area contributed by atoms with Gasteiger partial charge in [-0.05, 0) is 58.9 Å². The van der Waals surface area contributed by atoms with E-state index in [1.807, 2.05) is 54.6 Å². The lowest BCUT2D eigenvalue weighted by Crippen LogP contribution is -2.12. The van der Waals surface area contributed by atoms with Crippen molar-refractivity contribution in [2.24, 2.45) is 0 Å². The smallest absolute Gasteiger partial charge is 0.229 e. The highest BCUT2D eigenvalue weighted by Crippen LogP contribution is 2.36. The summed E-state index contributed by atoms with van der Waals surface area (Å²) in [7, 11) is -3.41. The molecule has 0 radical (unpaired) electrons. The Morgan fingerprint density at radius 2 is 1.72 bits per heavy atom. The van der Waals surface area contributed by atoms with Crippen molar-refractivity contribution in [1.82, 2.24) is 9.97 Å². The molecule has 0 spiro atoms. The lowest BCUT2D eigenvalue weighted by Gasteiger charge is -2.22. The van der Waals surface area contributed by atoms with Crippen molar-refractivity contribution in [2.45, 2.75) is 32.8 Å². The van der Waals surface area contributed by atoms with Crippen molar-refractivity contribution in [3.63, 3.8) is 0 Å². The molecule has 0 aliphatic rings. The molecule has 7 nitrogen and oxygen atoms in total. The molecule has 0 saturated heterocycles. The highest BCUT2D eigenvalue weighted by molar-refractivity contribution is 7.92.